The summed E-state index contributed by atoms with van der Waals surface area (Å²) in [5, 5.41) is 10.5. The van der Waals surface area contributed by atoms with Crippen LogP contribution in [0.5, 0.6) is 0 Å². The Morgan fingerprint density at radius 1 is 1.00 bits per heavy atom. The molecule has 0 bridgehead atoms. The molecule has 6 nitrogen and oxygen atoms in total. The summed E-state index contributed by atoms with van der Waals surface area (Å²) in [6.45, 7) is 8.31. The van der Waals surface area contributed by atoms with Crippen molar-refractivity contribution in [3.63, 3.8) is 0 Å². The Morgan fingerprint density at radius 2 is 1.73 bits per heavy atom. The first kappa shape index (κ1) is 23.9. The van der Waals surface area contributed by atoms with Gasteiger partial charge < -0.3 is 26.2 Å². The Kier molecular flexibility index (Phi) is 6.06. The molecule has 4 aliphatic carbocycles. The van der Waals surface area contributed by atoms with Crippen LogP contribution in [0.4, 0.5) is 4.79 Å². The molecule has 9 unspecified atom stereocenters. The molecule has 188 valence electrons. The molecule has 5 fully saturated rings. The van der Waals surface area contributed by atoms with Crippen molar-refractivity contribution in [1.82, 2.24) is 4.90 Å². The number of aliphatic hydroxyl groups is 1. The number of likely N-dealkylation sites (tertiary alicyclic amines) is 1. The zero-order chi connectivity index (χ0) is 23.6. The summed E-state index contributed by atoms with van der Waals surface area (Å²) in [6.07, 6.45) is 11.4. The highest BCUT2D eigenvalue weighted by Crippen LogP contribution is 2.68. The summed E-state index contributed by atoms with van der Waals surface area (Å²) in [4.78, 5) is 14.6. The van der Waals surface area contributed by atoms with Crippen LogP contribution in [0.3, 0.4) is 0 Å². The van der Waals surface area contributed by atoms with Crippen molar-refractivity contribution in [2.45, 2.75) is 115 Å². The molecular weight excluding hydrogens is 414 g/mol. The summed E-state index contributed by atoms with van der Waals surface area (Å²) in [5.74, 6) is 2.15. The normalized spacial score (nSPS) is 49.0. The number of carbonyl (C=O) groups is 1. The number of piperidine rings is 1. The quantitative estimate of drug-likeness (QED) is 0.576. The second kappa shape index (κ2) is 8.37. The van der Waals surface area contributed by atoms with Crippen LogP contribution in [0.1, 0.15) is 91.4 Å². The van der Waals surface area contributed by atoms with Crippen LogP contribution in [0.15, 0.2) is 0 Å². The standard InChI is InChI=1S/C27H47N3O3/c1-17(31)21-8-13-27(29)23-5-4-18-16-20(33-24(32)30-14-9-19(28)10-15-30)6-11-25(18,2)22(23)7-12-26(21,27)3/h17-23,31H,4-16,28-29H2,1-3H3. The first-order chi connectivity index (χ1) is 15.6. The SMILES string of the molecule is CC(O)C1CCC2(N)C3CCC4CC(OC(=O)N5CCC(N)CC5)CCC4(C)C3CCC12C. The molecule has 1 amide bonds. The van der Waals surface area contributed by atoms with Gasteiger partial charge in [0.1, 0.15) is 6.10 Å². The average molecular weight is 462 g/mol. The monoisotopic (exact) mass is 461 g/mol. The first-order valence-electron chi connectivity index (χ1n) is 13.8. The topological polar surface area (TPSA) is 102 Å². The van der Waals surface area contributed by atoms with Gasteiger partial charge in [0, 0.05) is 24.7 Å². The van der Waals surface area contributed by atoms with Crippen LogP contribution < -0.4 is 11.5 Å². The van der Waals surface area contributed by atoms with E-state index >= 15 is 0 Å². The van der Waals surface area contributed by atoms with Crippen molar-refractivity contribution in [2.75, 3.05) is 13.1 Å². The molecule has 6 heteroatoms. The highest BCUT2D eigenvalue weighted by Gasteiger charge is 2.66. The molecule has 0 spiro atoms. The van der Waals surface area contributed by atoms with E-state index in [-0.39, 0.29) is 35.3 Å². The maximum Gasteiger partial charge on any atom is 0.410 e. The molecule has 0 aromatic rings. The van der Waals surface area contributed by atoms with Crippen LogP contribution in [0.2, 0.25) is 0 Å². The van der Waals surface area contributed by atoms with E-state index in [0.717, 1.165) is 64.5 Å². The fourth-order valence-corrected chi connectivity index (χ4v) is 9.51. The molecule has 1 aliphatic heterocycles. The number of fused-ring (bicyclic) bond motifs is 5. The fraction of sp³-hybridized carbons (Fsp3) is 0.963. The zero-order valence-electron chi connectivity index (χ0n) is 21.1. The predicted molar refractivity (Wildman–Crippen MR) is 129 cm³/mol. The molecule has 9 atom stereocenters. The minimum Gasteiger partial charge on any atom is -0.446 e. The van der Waals surface area contributed by atoms with Crippen molar-refractivity contribution < 1.29 is 14.6 Å². The van der Waals surface area contributed by atoms with Gasteiger partial charge in [0.2, 0.25) is 0 Å². The van der Waals surface area contributed by atoms with E-state index in [1.165, 1.54) is 19.3 Å². The highest BCUT2D eigenvalue weighted by atomic mass is 16.6. The largest absolute Gasteiger partial charge is 0.446 e. The van der Waals surface area contributed by atoms with E-state index in [0.29, 0.717) is 29.1 Å². The van der Waals surface area contributed by atoms with E-state index < -0.39 is 0 Å². The predicted octanol–water partition coefficient (Wildman–Crippen LogP) is 4.04. The van der Waals surface area contributed by atoms with Gasteiger partial charge in [0.25, 0.3) is 0 Å². The third-order valence-corrected chi connectivity index (χ3v) is 11.7. The van der Waals surface area contributed by atoms with Crippen LogP contribution in [0, 0.1) is 34.5 Å². The molecule has 0 aromatic carbocycles. The smallest absolute Gasteiger partial charge is 0.410 e. The summed E-state index contributed by atoms with van der Waals surface area (Å²) in [7, 11) is 0. The lowest BCUT2D eigenvalue weighted by molar-refractivity contribution is -0.142. The number of nitrogens with two attached hydrogens (primary N) is 2. The molecule has 0 radical (unpaired) electrons. The van der Waals surface area contributed by atoms with E-state index in [1.807, 2.05) is 11.8 Å². The number of hydrogen-bond acceptors (Lipinski definition) is 5. The number of rotatable bonds is 2. The van der Waals surface area contributed by atoms with Gasteiger partial charge in [-0.05, 0) is 112 Å². The minimum atomic E-state index is -0.273. The van der Waals surface area contributed by atoms with Crippen molar-refractivity contribution in [3.8, 4) is 0 Å². The maximum atomic E-state index is 12.8. The van der Waals surface area contributed by atoms with E-state index in [1.54, 1.807) is 0 Å². The van der Waals surface area contributed by atoms with Gasteiger partial charge in [0.05, 0.1) is 6.10 Å². The number of hydrogen-bond donors (Lipinski definition) is 3. The third-order valence-electron chi connectivity index (χ3n) is 11.7. The molecule has 0 aromatic heterocycles. The molecular formula is C27H47N3O3. The number of aliphatic hydroxyl groups excluding tert-OH is 1. The van der Waals surface area contributed by atoms with Crippen LogP contribution in [-0.2, 0) is 4.74 Å². The second-order valence-electron chi connectivity index (χ2n) is 13.0. The maximum absolute atomic E-state index is 12.8. The van der Waals surface area contributed by atoms with Crippen molar-refractivity contribution in [1.29, 1.82) is 0 Å². The van der Waals surface area contributed by atoms with Gasteiger partial charge in [-0.15, -0.1) is 0 Å². The van der Waals surface area contributed by atoms with Gasteiger partial charge in [-0.2, -0.15) is 0 Å². The number of amides is 1. The van der Waals surface area contributed by atoms with Gasteiger partial charge in [-0.1, -0.05) is 13.8 Å². The Hall–Kier alpha value is -0.850. The average Bonchev–Trinajstić information content (AvgIpc) is 3.06. The lowest BCUT2D eigenvalue weighted by Gasteiger charge is -2.64. The Labute approximate surface area is 200 Å². The van der Waals surface area contributed by atoms with Crippen molar-refractivity contribution in [3.05, 3.63) is 0 Å². The number of carbonyl (C=O) groups excluding carboxylic acids is 1. The van der Waals surface area contributed by atoms with Gasteiger partial charge >= 0.3 is 6.09 Å². The van der Waals surface area contributed by atoms with E-state index in [2.05, 4.69) is 13.8 Å². The van der Waals surface area contributed by atoms with Gasteiger partial charge in [-0.25, -0.2) is 4.79 Å². The summed E-state index contributed by atoms with van der Waals surface area (Å²) in [5.41, 5.74) is 13.5. The Morgan fingerprint density at radius 3 is 2.42 bits per heavy atom. The molecule has 1 heterocycles. The second-order valence-corrected chi connectivity index (χ2v) is 13.0. The lowest BCUT2D eigenvalue weighted by atomic mass is 9.42. The highest BCUT2D eigenvalue weighted by molar-refractivity contribution is 5.68. The van der Waals surface area contributed by atoms with Crippen LogP contribution in [-0.4, -0.2) is 53.0 Å². The molecule has 33 heavy (non-hydrogen) atoms. The molecule has 1 saturated heterocycles. The fourth-order valence-electron chi connectivity index (χ4n) is 9.51. The third kappa shape index (κ3) is 3.65. The minimum absolute atomic E-state index is 0.0505. The van der Waals surface area contributed by atoms with Crippen LogP contribution >= 0.6 is 0 Å². The first-order valence-corrected chi connectivity index (χ1v) is 13.8. The summed E-state index contributed by atoms with van der Waals surface area (Å²) < 4.78 is 6.04. The Balaban J connectivity index is 1.26. The molecule has 5 rings (SSSR count). The lowest BCUT2D eigenvalue weighted by Crippen LogP contribution is -2.67. The summed E-state index contributed by atoms with van der Waals surface area (Å²) in [6, 6.07) is 0.221. The Bertz CT molecular complexity index is 753. The van der Waals surface area contributed by atoms with Crippen LogP contribution in [0.25, 0.3) is 0 Å². The van der Waals surface area contributed by atoms with E-state index in [9.17, 15) is 9.90 Å². The molecule has 5 N–H and O–H groups in total. The van der Waals surface area contributed by atoms with Gasteiger partial charge in [0.15, 0.2) is 0 Å². The zero-order valence-corrected chi connectivity index (χ0v) is 21.1. The summed E-state index contributed by atoms with van der Waals surface area (Å²) >= 11 is 0. The molecule has 5 aliphatic rings. The number of nitrogens with zero attached hydrogens (tertiary/aromatic N) is 1. The van der Waals surface area contributed by atoms with Crippen molar-refractivity contribution >= 4 is 6.09 Å². The van der Waals surface area contributed by atoms with E-state index in [4.69, 9.17) is 16.2 Å². The van der Waals surface area contributed by atoms with Gasteiger partial charge in [-0.3, -0.25) is 0 Å². The van der Waals surface area contributed by atoms with Crippen molar-refractivity contribution in [2.24, 2.45) is 46.0 Å². The molecule has 4 saturated carbocycles. The number of ether oxygens (including phenoxy) is 1.